The molecule has 2 unspecified atom stereocenters. The van der Waals surface area contributed by atoms with E-state index in [2.05, 4.69) is 267 Å². The maximum absolute atomic E-state index is 13.7. The molecule has 8 aromatic rings. The summed E-state index contributed by atoms with van der Waals surface area (Å²) >= 11 is 9.53. The SMILES string of the molecule is CC(C)(C)CC[Si](C)(C)c1ccn(-c2ccc3c(n2)N2C[C@@H](CCCNc4cccc(n4)S(=O)(=O)NC3=O)CC2(C)C)n1.CC(C)(C)CC[Si](C)(C)c1ccn[nH]1.CC(C)(C)CC[Si](C)(C)c1ccnn1C1CCCCO1.CC(C)(C)[Si](C)(C)Cl.CC1(C)C[C@@H]2CCCNc3cccc(n3)S(=O)(=O)NC(=O)c3ccc(Br)nc3N1C2.c1cnn(C2CCCCO2)c1. The van der Waals surface area contributed by atoms with Gasteiger partial charge in [-0.25, -0.2) is 43.4 Å². The number of nitrogens with zero attached hydrogens (tertiary/aromatic N) is 13. The lowest BCUT2D eigenvalue weighted by Gasteiger charge is -2.34. The molecule has 5 N–H and O–H groups in total. The maximum atomic E-state index is 13.7. The first kappa shape index (κ1) is 103. The molecule has 6 aliphatic rings. The van der Waals surface area contributed by atoms with Crippen LogP contribution in [0.15, 0.2) is 131 Å². The molecule has 34 heteroatoms. The minimum Gasteiger partial charge on any atom is -0.370 e. The van der Waals surface area contributed by atoms with Crippen molar-refractivity contribution in [3.63, 3.8) is 0 Å². The number of anilines is 4. The minimum atomic E-state index is -4.22. The van der Waals surface area contributed by atoms with Gasteiger partial charge in [0.25, 0.3) is 31.9 Å². The van der Waals surface area contributed by atoms with E-state index in [9.17, 15) is 26.4 Å². The molecule has 0 radical (unpaired) electrons. The number of hydrogen-bond acceptors (Lipinski definition) is 20. The predicted molar refractivity (Wildman–Crippen MR) is 527 cm³/mol. The zero-order chi connectivity index (χ0) is 92.9. The monoisotopic (exact) mass is 1920 g/mol. The van der Waals surface area contributed by atoms with E-state index >= 15 is 0 Å². The van der Waals surface area contributed by atoms with Crippen LogP contribution in [-0.4, -0.2) is 170 Å². The van der Waals surface area contributed by atoms with Crippen molar-refractivity contribution in [3.05, 3.63) is 132 Å². The van der Waals surface area contributed by atoms with Gasteiger partial charge in [0.1, 0.15) is 64.6 Å². The van der Waals surface area contributed by atoms with Crippen molar-refractivity contribution in [2.75, 3.05) is 59.8 Å². The number of amides is 2. The second kappa shape index (κ2) is 42.5. The molecule has 4 fully saturated rings. The molecule has 696 valence electrons. The fourth-order valence-corrected chi connectivity index (χ4v) is 26.2. The summed E-state index contributed by atoms with van der Waals surface area (Å²) in [5.74, 6) is 1.88. The van der Waals surface area contributed by atoms with Gasteiger partial charge in [0.05, 0.1) is 11.1 Å². The second-order valence-electron chi connectivity index (χ2n) is 43.2. The Balaban J connectivity index is 0.000000187. The first-order valence-electron chi connectivity index (χ1n) is 45.3. The van der Waals surface area contributed by atoms with E-state index in [0.717, 1.165) is 95.5 Å². The van der Waals surface area contributed by atoms with Crippen LogP contribution in [0.1, 0.15) is 240 Å². The lowest BCUT2D eigenvalue weighted by molar-refractivity contribution is -0.0394. The number of H-pyrrole nitrogens is 1. The maximum Gasteiger partial charge on any atom is 0.281 e. The average Bonchev–Trinajstić information content (AvgIpc) is 1.61. The normalized spacial score (nSPS) is 20.3. The lowest BCUT2D eigenvalue weighted by atomic mass is 9.93. The zero-order valence-electron chi connectivity index (χ0n) is 79.9. The number of carbonyl (C=O) groups excluding carboxylic acids is 2. The van der Waals surface area contributed by atoms with Crippen LogP contribution in [-0.2, 0) is 29.5 Å². The Morgan fingerprint density at radius 1 is 0.524 bits per heavy atom. The molecule has 14 heterocycles. The van der Waals surface area contributed by atoms with Crippen LogP contribution in [0.5, 0.6) is 0 Å². The molecular weight excluding hydrogens is 1780 g/mol. The van der Waals surface area contributed by atoms with Gasteiger partial charge in [0.2, 0.25) is 0 Å². The molecule has 0 aliphatic carbocycles. The van der Waals surface area contributed by atoms with Crippen molar-refractivity contribution in [2.24, 2.45) is 28.1 Å². The molecule has 8 bridgehead atoms. The first-order valence-corrected chi connectivity index (χ1v) is 62.7. The Morgan fingerprint density at radius 3 is 1.47 bits per heavy atom. The number of sulfonamides is 2. The first-order chi connectivity index (χ1) is 58.5. The van der Waals surface area contributed by atoms with Crippen LogP contribution >= 0.6 is 27.0 Å². The highest BCUT2D eigenvalue weighted by atomic mass is 79.9. The smallest absolute Gasteiger partial charge is 0.281 e. The van der Waals surface area contributed by atoms with Crippen LogP contribution in [0.2, 0.25) is 75.5 Å². The molecule has 2 amide bonds. The lowest BCUT2D eigenvalue weighted by Crippen LogP contribution is -2.48. The number of aromatic amines is 1. The van der Waals surface area contributed by atoms with Crippen LogP contribution in [0, 0.1) is 28.1 Å². The largest absolute Gasteiger partial charge is 0.370 e. The molecule has 26 nitrogen and oxygen atoms in total. The van der Waals surface area contributed by atoms with Gasteiger partial charge in [0.15, 0.2) is 23.3 Å². The van der Waals surface area contributed by atoms with Gasteiger partial charge in [-0.05, 0) is 227 Å². The van der Waals surface area contributed by atoms with Crippen molar-refractivity contribution in [2.45, 2.75) is 316 Å². The number of pyridine rings is 4. The number of hydrogen-bond donors (Lipinski definition) is 5. The van der Waals surface area contributed by atoms with Crippen molar-refractivity contribution < 1.29 is 35.9 Å². The third-order valence-corrected chi connectivity index (χ3v) is 42.9. The topological polar surface area (TPSA) is 309 Å². The third kappa shape index (κ3) is 29.8. The van der Waals surface area contributed by atoms with E-state index in [0.29, 0.717) is 74.5 Å². The fraction of sp³-hybridized carbons (Fsp3) is 0.630. The summed E-state index contributed by atoms with van der Waals surface area (Å²) in [5.41, 5.74) is 1.07. The van der Waals surface area contributed by atoms with E-state index in [4.69, 9.17) is 30.6 Å². The van der Waals surface area contributed by atoms with Gasteiger partial charge < -0.3 is 29.9 Å². The highest BCUT2D eigenvalue weighted by Crippen LogP contribution is 2.43. The summed E-state index contributed by atoms with van der Waals surface area (Å²) in [6, 6.07) is 28.2. The highest BCUT2D eigenvalue weighted by Gasteiger charge is 2.44. The third-order valence-electron chi connectivity index (χ3n) is 25.1. The quantitative estimate of drug-likeness (QED) is 0.0431. The van der Waals surface area contributed by atoms with Crippen molar-refractivity contribution in [1.29, 1.82) is 0 Å². The molecular formula is C92H148BrClN18O8S2Si4. The van der Waals surface area contributed by atoms with Crippen molar-refractivity contribution in [1.82, 2.24) is 68.9 Å². The van der Waals surface area contributed by atoms with Gasteiger partial charge in [-0.1, -0.05) is 185 Å². The van der Waals surface area contributed by atoms with Crippen molar-refractivity contribution in [3.8, 4) is 5.82 Å². The number of nitrogens with one attached hydrogen (secondary N) is 5. The Labute approximate surface area is 770 Å². The van der Waals surface area contributed by atoms with Crippen LogP contribution < -0.4 is 45.8 Å². The van der Waals surface area contributed by atoms with E-state index in [1.807, 2.05) is 35.5 Å². The number of ether oxygens (including phenoxy) is 2. The molecule has 126 heavy (non-hydrogen) atoms. The summed E-state index contributed by atoms with van der Waals surface area (Å²) in [4.78, 5) is 49.0. The molecule has 4 saturated heterocycles. The van der Waals surface area contributed by atoms with Gasteiger partial charge in [0, 0.05) is 97.4 Å². The number of halogens is 2. The summed E-state index contributed by atoms with van der Waals surface area (Å²) in [5, 5.41) is 31.1. The predicted octanol–water partition coefficient (Wildman–Crippen LogP) is 19.6. The standard InChI is InChI=1S/C31H45N7O3SSi.C20H24BrN5O3S.C16H30N2OSi.C11H22N2Si.C8H12N2O.C6H15ClSi/c1-30(2,3)16-19-43(6,7)27-15-18-38(35-27)25-14-13-23-28(34-25)37-21-22(20-31(37,4)5)10-9-17-32-24-11-8-12-26(33-24)42(40,41)36-29(23)39;1-20(2)11-13-5-4-10-22-16-6-3-7-17(24-16)30(28,29)25-19(27)14-8-9-15(21)23-18(14)26(20)12-13;1-16(2,3)10-13-20(4,5)15-9-11-17-18(15)14-8-6-7-12-19-14;1-11(2,3)7-9-14(4,5)10-6-8-12-13-10;1-2-7-11-8(4-1)10-6-3-5-9-10;1-6(2,3)8(4,5)7/h8,11-15,18,22H,9-10,16-17,19-21H2,1-7H3,(H,32,33)(H,36,39);3,6-9,13H,4-5,10-12H2,1-2H3,(H,22,24)(H,25,27);9,11,14H,6-8,10,12-13H2,1-5H3;6,8H,7,9H2,1-5H3,(H,12,13);3,5-6,8H,1-2,4,7H2;1-5H3/t22-;13-;;;;/m00..../s1. The minimum absolute atomic E-state index is 0.176. The van der Waals surface area contributed by atoms with E-state index in [1.165, 1.54) is 73.4 Å². The van der Waals surface area contributed by atoms with E-state index in [1.54, 1.807) is 59.4 Å². The molecule has 0 saturated carbocycles. The fourth-order valence-electron chi connectivity index (χ4n) is 15.9. The molecule has 8 aromatic heterocycles. The number of aromatic nitrogens is 12. The van der Waals surface area contributed by atoms with Gasteiger partial charge in [-0.3, -0.25) is 14.7 Å². The molecule has 0 aromatic carbocycles. The van der Waals surface area contributed by atoms with Crippen LogP contribution in [0.25, 0.3) is 5.82 Å². The Morgan fingerprint density at radius 2 is 1.01 bits per heavy atom. The van der Waals surface area contributed by atoms with E-state index < -0.39 is 63.5 Å². The zero-order valence-corrected chi connectivity index (χ0v) is 87.9. The van der Waals surface area contributed by atoms with E-state index in [-0.39, 0.29) is 50.1 Å². The van der Waals surface area contributed by atoms with Gasteiger partial charge in [-0.2, -0.15) is 48.3 Å². The number of rotatable bonds is 12. The summed E-state index contributed by atoms with van der Waals surface area (Å²) in [7, 11) is -14.2. The Kier molecular flexibility index (Phi) is 34.7. The Bertz CT molecular complexity index is 5070. The average molecular weight is 1930 g/mol. The molecule has 14 rings (SSSR count). The Hall–Kier alpha value is -6.96. The highest BCUT2D eigenvalue weighted by molar-refractivity contribution is 9.10. The number of carbonyl (C=O) groups is 2. The summed E-state index contributed by atoms with van der Waals surface area (Å²) in [6.45, 7) is 59.3. The molecule has 6 aliphatic heterocycles. The summed E-state index contributed by atoms with van der Waals surface area (Å²) < 4.78 is 74.4. The van der Waals surface area contributed by atoms with Crippen LogP contribution in [0.4, 0.5) is 23.3 Å². The van der Waals surface area contributed by atoms with Crippen molar-refractivity contribution >= 4 is 130 Å². The molecule has 4 atom stereocenters. The van der Waals surface area contributed by atoms with Gasteiger partial charge >= 0.3 is 0 Å². The number of fused-ring (bicyclic) bond motifs is 12. The van der Waals surface area contributed by atoms with Crippen LogP contribution in [0.3, 0.4) is 0 Å². The van der Waals surface area contributed by atoms with Gasteiger partial charge in [-0.15, -0.1) is 0 Å². The second-order valence-corrected chi connectivity index (χ2v) is 68.9. The summed E-state index contributed by atoms with van der Waals surface area (Å²) in [6.07, 6.45) is 26.4. The molecule has 0 spiro atoms.